The Bertz CT molecular complexity index is 399. The lowest BCUT2D eigenvalue weighted by Crippen LogP contribution is -2.34. The van der Waals surface area contributed by atoms with Crippen LogP contribution in [-0.2, 0) is 11.3 Å². The van der Waals surface area contributed by atoms with E-state index in [0.717, 1.165) is 18.4 Å². The maximum Gasteiger partial charge on any atom is 0.234 e. The van der Waals surface area contributed by atoms with E-state index in [2.05, 4.69) is 10.6 Å². The number of benzene rings is 1. The van der Waals surface area contributed by atoms with Gasteiger partial charge in [0.05, 0.1) is 6.54 Å². The first-order valence-corrected chi connectivity index (χ1v) is 6.35. The first-order chi connectivity index (χ1) is 8.16. The van der Waals surface area contributed by atoms with Crippen molar-refractivity contribution in [3.8, 4) is 0 Å². The molecule has 2 rings (SSSR count). The summed E-state index contributed by atoms with van der Waals surface area (Å²) < 4.78 is 0. The molecule has 17 heavy (non-hydrogen) atoms. The number of carbonyl (C=O) groups is 1. The van der Waals surface area contributed by atoms with E-state index in [9.17, 15) is 4.79 Å². The summed E-state index contributed by atoms with van der Waals surface area (Å²) in [4.78, 5) is 11.4. The quantitative estimate of drug-likeness (QED) is 0.864. The van der Waals surface area contributed by atoms with E-state index in [1.807, 2.05) is 0 Å². The van der Waals surface area contributed by atoms with Crippen LogP contribution in [0.15, 0.2) is 18.2 Å². The minimum Gasteiger partial charge on any atom is -0.352 e. The number of halogens is 2. The molecule has 0 atom stereocenters. The molecule has 0 saturated heterocycles. The Kier molecular flexibility index (Phi) is 4.26. The summed E-state index contributed by atoms with van der Waals surface area (Å²) in [6, 6.07) is 5.77. The lowest BCUT2D eigenvalue weighted by molar-refractivity contribution is -0.120. The Labute approximate surface area is 110 Å². The van der Waals surface area contributed by atoms with Crippen LogP contribution in [0.2, 0.25) is 10.0 Å². The first-order valence-electron chi connectivity index (χ1n) is 5.60. The van der Waals surface area contributed by atoms with Crippen molar-refractivity contribution in [2.45, 2.75) is 25.4 Å². The minimum atomic E-state index is 0.0238. The molecule has 1 saturated carbocycles. The van der Waals surface area contributed by atoms with Crippen molar-refractivity contribution in [3.05, 3.63) is 33.8 Å². The fraction of sp³-hybridized carbons (Fsp3) is 0.417. The standard InChI is InChI=1S/C12H14Cl2N2O/c13-10-2-1-3-11(14)9(10)6-15-7-12(17)16-8-4-5-8/h1-3,8,15H,4-7H2,(H,16,17). The van der Waals surface area contributed by atoms with Crippen molar-refractivity contribution >= 4 is 29.1 Å². The second kappa shape index (κ2) is 5.71. The Hall–Kier alpha value is -0.770. The summed E-state index contributed by atoms with van der Waals surface area (Å²) >= 11 is 12.0. The zero-order chi connectivity index (χ0) is 12.3. The van der Waals surface area contributed by atoms with Gasteiger partial charge in [-0.25, -0.2) is 0 Å². The molecular weight excluding hydrogens is 259 g/mol. The zero-order valence-corrected chi connectivity index (χ0v) is 10.8. The predicted molar refractivity (Wildman–Crippen MR) is 69.3 cm³/mol. The summed E-state index contributed by atoms with van der Waals surface area (Å²) in [5, 5.41) is 7.17. The smallest absolute Gasteiger partial charge is 0.234 e. The van der Waals surface area contributed by atoms with Crippen LogP contribution < -0.4 is 10.6 Å². The molecule has 0 spiro atoms. The summed E-state index contributed by atoms with van der Waals surface area (Å²) in [5.41, 5.74) is 0.829. The number of hydrogen-bond donors (Lipinski definition) is 2. The molecule has 5 heteroatoms. The molecule has 0 aliphatic heterocycles. The van der Waals surface area contributed by atoms with E-state index in [-0.39, 0.29) is 12.5 Å². The fourth-order valence-corrected chi connectivity index (χ4v) is 2.04. The highest BCUT2D eigenvalue weighted by Gasteiger charge is 2.22. The first kappa shape index (κ1) is 12.7. The van der Waals surface area contributed by atoms with Crippen LogP contribution >= 0.6 is 23.2 Å². The molecule has 1 aliphatic carbocycles. The molecule has 1 aromatic rings. The summed E-state index contributed by atoms with van der Waals surface area (Å²) in [6.45, 7) is 0.786. The molecular formula is C12H14Cl2N2O. The lowest BCUT2D eigenvalue weighted by atomic mass is 10.2. The van der Waals surface area contributed by atoms with Gasteiger partial charge in [-0.1, -0.05) is 29.3 Å². The van der Waals surface area contributed by atoms with Crippen LogP contribution in [0.5, 0.6) is 0 Å². The Morgan fingerprint density at radius 1 is 1.29 bits per heavy atom. The van der Waals surface area contributed by atoms with E-state index in [1.165, 1.54) is 0 Å². The average Bonchev–Trinajstić information content (AvgIpc) is 3.06. The molecule has 92 valence electrons. The van der Waals surface area contributed by atoms with Gasteiger partial charge in [0, 0.05) is 28.2 Å². The van der Waals surface area contributed by atoms with Gasteiger partial charge in [0.25, 0.3) is 0 Å². The van der Waals surface area contributed by atoms with E-state index in [0.29, 0.717) is 22.6 Å². The molecule has 1 amide bonds. The Morgan fingerprint density at radius 3 is 2.53 bits per heavy atom. The largest absolute Gasteiger partial charge is 0.352 e. The van der Waals surface area contributed by atoms with Crippen LogP contribution in [0.4, 0.5) is 0 Å². The minimum absolute atomic E-state index is 0.0238. The van der Waals surface area contributed by atoms with Gasteiger partial charge in [0.1, 0.15) is 0 Å². The van der Waals surface area contributed by atoms with Crippen LogP contribution in [0.3, 0.4) is 0 Å². The molecule has 0 radical (unpaired) electrons. The molecule has 0 heterocycles. The normalized spacial score (nSPS) is 14.7. The van der Waals surface area contributed by atoms with Gasteiger partial charge in [0.15, 0.2) is 0 Å². The summed E-state index contributed by atoms with van der Waals surface area (Å²) in [5.74, 6) is 0.0238. The molecule has 1 aliphatic rings. The molecule has 2 N–H and O–H groups in total. The number of amides is 1. The molecule has 0 unspecified atom stereocenters. The maximum absolute atomic E-state index is 11.4. The Morgan fingerprint density at radius 2 is 1.94 bits per heavy atom. The van der Waals surface area contributed by atoms with Crippen molar-refractivity contribution in [1.29, 1.82) is 0 Å². The topological polar surface area (TPSA) is 41.1 Å². The third-order valence-electron chi connectivity index (χ3n) is 2.59. The highest BCUT2D eigenvalue weighted by molar-refractivity contribution is 6.35. The monoisotopic (exact) mass is 272 g/mol. The van der Waals surface area contributed by atoms with Gasteiger partial charge in [-0.3, -0.25) is 4.79 Å². The van der Waals surface area contributed by atoms with Crippen molar-refractivity contribution in [3.63, 3.8) is 0 Å². The SMILES string of the molecule is O=C(CNCc1c(Cl)cccc1Cl)NC1CC1. The van der Waals surface area contributed by atoms with E-state index in [1.54, 1.807) is 18.2 Å². The van der Waals surface area contributed by atoms with E-state index in [4.69, 9.17) is 23.2 Å². The molecule has 3 nitrogen and oxygen atoms in total. The van der Waals surface area contributed by atoms with Gasteiger partial charge >= 0.3 is 0 Å². The van der Waals surface area contributed by atoms with Crippen LogP contribution in [0, 0.1) is 0 Å². The maximum atomic E-state index is 11.4. The number of hydrogen-bond acceptors (Lipinski definition) is 2. The molecule has 0 bridgehead atoms. The molecule has 1 aromatic carbocycles. The van der Waals surface area contributed by atoms with Crippen LogP contribution in [0.25, 0.3) is 0 Å². The van der Waals surface area contributed by atoms with Crippen molar-refractivity contribution in [2.75, 3.05) is 6.54 Å². The van der Waals surface area contributed by atoms with Gasteiger partial charge in [-0.2, -0.15) is 0 Å². The van der Waals surface area contributed by atoms with Gasteiger partial charge < -0.3 is 10.6 Å². The van der Waals surface area contributed by atoms with Crippen molar-refractivity contribution in [1.82, 2.24) is 10.6 Å². The number of rotatable bonds is 5. The Balaban J connectivity index is 1.79. The zero-order valence-electron chi connectivity index (χ0n) is 9.30. The number of nitrogens with one attached hydrogen (secondary N) is 2. The number of carbonyl (C=O) groups excluding carboxylic acids is 1. The second-order valence-corrected chi connectivity index (χ2v) is 4.96. The highest BCUT2D eigenvalue weighted by atomic mass is 35.5. The molecule has 1 fully saturated rings. The van der Waals surface area contributed by atoms with E-state index >= 15 is 0 Å². The summed E-state index contributed by atoms with van der Waals surface area (Å²) in [7, 11) is 0. The van der Waals surface area contributed by atoms with E-state index < -0.39 is 0 Å². The third kappa shape index (κ3) is 3.87. The fourth-order valence-electron chi connectivity index (χ4n) is 1.51. The third-order valence-corrected chi connectivity index (χ3v) is 3.30. The average molecular weight is 273 g/mol. The molecule has 0 aromatic heterocycles. The van der Waals surface area contributed by atoms with Crippen LogP contribution in [0.1, 0.15) is 18.4 Å². The van der Waals surface area contributed by atoms with Crippen molar-refractivity contribution < 1.29 is 4.79 Å². The second-order valence-electron chi connectivity index (χ2n) is 4.15. The van der Waals surface area contributed by atoms with Gasteiger partial charge in [-0.15, -0.1) is 0 Å². The van der Waals surface area contributed by atoms with Crippen LogP contribution in [-0.4, -0.2) is 18.5 Å². The summed E-state index contributed by atoms with van der Waals surface area (Å²) in [6.07, 6.45) is 2.20. The van der Waals surface area contributed by atoms with Crippen molar-refractivity contribution in [2.24, 2.45) is 0 Å². The van der Waals surface area contributed by atoms with Gasteiger partial charge in [0.2, 0.25) is 5.91 Å². The van der Waals surface area contributed by atoms with Gasteiger partial charge in [-0.05, 0) is 25.0 Å². The highest BCUT2D eigenvalue weighted by Crippen LogP contribution is 2.23. The lowest BCUT2D eigenvalue weighted by Gasteiger charge is -2.08. The predicted octanol–water partition coefficient (Wildman–Crippen LogP) is 2.36.